The first kappa shape index (κ1) is 13.8. The fourth-order valence-electron chi connectivity index (χ4n) is 3.07. The number of hydrogen-bond acceptors (Lipinski definition) is 3. The first-order valence-electron chi connectivity index (χ1n) is 7.42. The molecule has 18 heavy (non-hydrogen) atoms. The largest absolute Gasteiger partial charge is 0.356 e. The lowest BCUT2D eigenvalue weighted by atomic mass is 9.89. The molecular weight excluding hydrogens is 226 g/mol. The van der Waals surface area contributed by atoms with Crippen LogP contribution in [0.15, 0.2) is 0 Å². The molecule has 0 radical (unpaired) electrons. The molecule has 1 saturated carbocycles. The fraction of sp³-hybridized carbons (Fsp3) is 0.929. The fourth-order valence-corrected chi connectivity index (χ4v) is 3.07. The molecule has 2 aliphatic rings. The highest BCUT2D eigenvalue weighted by molar-refractivity contribution is 5.76. The molecule has 1 aliphatic carbocycles. The van der Waals surface area contributed by atoms with Crippen molar-refractivity contribution in [3.05, 3.63) is 0 Å². The van der Waals surface area contributed by atoms with E-state index in [-0.39, 0.29) is 5.91 Å². The van der Waals surface area contributed by atoms with E-state index in [0.717, 1.165) is 32.1 Å². The van der Waals surface area contributed by atoms with Gasteiger partial charge in [-0.1, -0.05) is 19.3 Å². The number of nitrogens with zero attached hydrogens (tertiary/aromatic N) is 1. The van der Waals surface area contributed by atoms with Crippen molar-refractivity contribution < 1.29 is 4.79 Å². The van der Waals surface area contributed by atoms with Gasteiger partial charge >= 0.3 is 0 Å². The first-order valence-corrected chi connectivity index (χ1v) is 7.42. The molecule has 1 heterocycles. The van der Waals surface area contributed by atoms with E-state index >= 15 is 0 Å². The van der Waals surface area contributed by atoms with E-state index in [4.69, 9.17) is 0 Å². The number of rotatable bonds is 4. The number of amides is 1. The summed E-state index contributed by atoms with van der Waals surface area (Å²) in [5.41, 5.74) is 0. The molecule has 0 aromatic rings. The zero-order valence-corrected chi connectivity index (χ0v) is 11.6. The summed E-state index contributed by atoms with van der Waals surface area (Å²) in [6, 6.07) is 0.329. The van der Waals surface area contributed by atoms with Crippen LogP contribution in [0.1, 0.15) is 38.5 Å². The lowest BCUT2D eigenvalue weighted by Crippen LogP contribution is -2.50. The highest BCUT2D eigenvalue weighted by Crippen LogP contribution is 2.22. The van der Waals surface area contributed by atoms with E-state index in [1.807, 2.05) is 0 Å². The minimum absolute atomic E-state index is 0.216. The van der Waals surface area contributed by atoms with E-state index in [1.54, 1.807) is 0 Å². The Labute approximate surface area is 110 Å². The third-order valence-electron chi connectivity index (χ3n) is 4.20. The van der Waals surface area contributed by atoms with Crippen LogP contribution in [0.5, 0.6) is 0 Å². The maximum absolute atomic E-state index is 11.9. The molecule has 0 bridgehead atoms. The van der Waals surface area contributed by atoms with Crippen molar-refractivity contribution in [1.82, 2.24) is 15.5 Å². The number of carbonyl (C=O) groups is 1. The Morgan fingerprint density at radius 1 is 1.33 bits per heavy atom. The van der Waals surface area contributed by atoms with Crippen LogP contribution < -0.4 is 10.6 Å². The average Bonchev–Trinajstić information content (AvgIpc) is 2.38. The van der Waals surface area contributed by atoms with Gasteiger partial charge in [0.2, 0.25) is 5.91 Å². The van der Waals surface area contributed by atoms with E-state index in [2.05, 4.69) is 22.6 Å². The van der Waals surface area contributed by atoms with Crippen LogP contribution in [0, 0.1) is 5.92 Å². The summed E-state index contributed by atoms with van der Waals surface area (Å²) in [6.07, 6.45) is 7.28. The second-order valence-electron chi connectivity index (χ2n) is 5.93. The Kier molecular flexibility index (Phi) is 5.45. The molecule has 0 aromatic heterocycles. The van der Waals surface area contributed by atoms with Crippen molar-refractivity contribution in [2.45, 2.75) is 44.6 Å². The molecule has 1 saturated heterocycles. The smallest absolute Gasteiger partial charge is 0.221 e. The lowest BCUT2D eigenvalue weighted by molar-refractivity contribution is -0.122. The topological polar surface area (TPSA) is 44.4 Å². The highest BCUT2D eigenvalue weighted by Gasteiger charge is 2.20. The predicted octanol–water partition coefficient (Wildman–Crippen LogP) is 0.977. The molecule has 4 nitrogen and oxygen atoms in total. The SMILES string of the molecule is CN1CCNC(CC(=O)NCC2CCCCC2)C1. The average molecular weight is 253 g/mol. The Balaban J connectivity index is 1.62. The van der Waals surface area contributed by atoms with E-state index < -0.39 is 0 Å². The Morgan fingerprint density at radius 2 is 2.11 bits per heavy atom. The zero-order chi connectivity index (χ0) is 12.8. The maximum Gasteiger partial charge on any atom is 0.221 e. The Bertz CT molecular complexity index is 264. The van der Waals surface area contributed by atoms with Gasteiger partial charge in [0.1, 0.15) is 0 Å². The molecule has 1 aliphatic heterocycles. The monoisotopic (exact) mass is 253 g/mol. The standard InChI is InChI=1S/C14H27N3O/c1-17-8-7-15-13(11-17)9-14(18)16-10-12-5-3-2-4-6-12/h12-13,15H,2-11H2,1H3,(H,16,18). The van der Waals surface area contributed by atoms with Gasteiger partial charge in [0.05, 0.1) is 0 Å². The minimum atomic E-state index is 0.216. The summed E-state index contributed by atoms with van der Waals surface area (Å²) in [6.45, 7) is 3.95. The van der Waals surface area contributed by atoms with E-state index in [1.165, 1.54) is 32.1 Å². The van der Waals surface area contributed by atoms with Gasteiger partial charge in [-0.25, -0.2) is 0 Å². The van der Waals surface area contributed by atoms with Crippen molar-refractivity contribution >= 4 is 5.91 Å². The molecule has 1 unspecified atom stereocenters. The second-order valence-corrected chi connectivity index (χ2v) is 5.93. The van der Waals surface area contributed by atoms with Gasteiger partial charge in [0, 0.05) is 38.6 Å². The normalized spacial score (nSPS) is 27.1. The highest BCUT2D eigenvalue weighted by atomic mass is 16.1. The number of carbonyl (C=O) groups excluding carboxylic acids is 1. The number of piperazine rings is 1. The zero-order valence-electron chi connectivity index (χ0n) is 11.6. The minimum Gasteiger partial charge on any atom is -0.356 e. The van der Waals surface area contributed by atoms with E-state index in [0.29, 0.717) is 12.5 Å². The van der Waals surface area contributed by atoms with Crippen molar-refractivity contribution in [3.8, 4) is 0 Å². The Morgan fingerprint density at radius 3 is 2.83 bits per heavy atom. The van der Waals surface area contributed by atoms with Crippen LogP contribution in [0.4, 0.5) is 0 Å². The van der Waals surface area contributed by atoms with Gasteiger partial charge in [-0.3, -0.25) is 4.79 Å². The molecular formula is C14H27N3O. The maximum atomic E-state index is 11.9. The van der Waals surface area contributed by atoms with Gasteiger partial charge in [0.25, 0.3) is 0 Å². The van der Waals surface area contributed by atoms with Crippen molar-refractivity contribution in [2.75, 3.05) is 33.2 Å². The summed E-state index contributed by atoms with van der Waals surface area (Å²) in [5.74, 6) is 0.943. The van der Waals surface area contributed by atoms with Crippen molar-refractivity contribution in [3.63, 3.8) is 0 Å². The molecule has 2 fully saturated rings. The van der Waals surface area contributed by atoms with Crippen LogP contribution >= 0.6 is 0 Å². The third kappa shape index (κ3) is 4.58. The van der Waals surface area contributed by atoms with Gasteiger partial charge in [-0.15, -0.1) is 0 Å². The summed E-state index contributed by atoms with van der Waals surface area (Å²) in [5, 5.41) is 6.53. The molecule has 1 amide bonds. The van der Waals surface area contributed by atoms with Crippen LogP contribution in [0.25, 0.3) is 0 Å². The van der Waals surface area contributed by atoms with Gasteiger partial charge in [0.15, 0.2) is 0 Å². The molecule has 2 N–H and O–H groups in total. The predicted molar refractivity (Wildman–Crippen MR) is 73.5 cm³/mol. The third-order valence-corrected chi connectivity index (χ3v) is 4.20. The van der Waals surface area contributed by atoms with Gasteiger partial charge in [-0.05, 0) is 25.8 Å². The molecule has 2 rings (SSSR count). The Hall–Kier alpha value is -0.610. The van der Waals surface area contributed by atoms with Crippen LogP contribution in [-0.2, 0) is 4.79 Å². The van der Waals surface area contributed by atoms with Crippen molar-refractivity contribution in [1.29, 1.82) is 0 Å². The molecule has 4 heteroatoms. The summed E-state index contributed by atoms with van der Waals surface area (Å²) in [4.78, 5) is 14.2. The quantitative estimate of drug-likeness (QED) is 0.785. The number of nitrogens with one attached hydrogen (secondary N) is 2. The van der Waals surface area contributed by atoms with Crippen molar-refractivity contribution in [2.24, 2.45) is 5.92 Å². The molecule has 104 valence electrons. The second kappa shape index (κ2) is 7.10. The summed E-state index contributed by atoms with van der Waals surface area (Å²) < 4.78 is 0. The molecule has 0 aromatic carbocycles. The molecule has 0 spiro atoms. The summed E-state index contributed by atoms with van der Waals surface area (Å²) in [7, 11) is 2.12. The number of likely N-dealkylation sites (N-methyl/N-ethyl adjacent to an activating group) is 1. The molecule has 1 atom stereocenters. The van der Waals surface area contributed by atoms with Crippen LogP contribution in [0.3, 0.4) is 0 Å². The van der Waals surface area contributed by atoms with Crippen LogP contribution in [0.2, 0.25) is 0 Å². The van der Waals surface area contributed by atoms with E-state index in [9.17, 15) is 4.79 Å². The first-order chi connectivity index (χ1) is 8.74. The van der Waals surface area contributed by atoms with Crippen LogP contribution in [-0.4, -0.2) is 50.1 Å². The number of hydrogen-bond donors (Lipinski definition) is 2. The van der Waals surface area contributed by atoms with Gasteiger partial charge in [-0.2, -0.15) is 0 Å². The van der Waals surface area contributed by atoms with Gasteiger partial charge < -0.3 is 15.5 Å². The summed E-state index contributed by atoms with van der Waals surface area (Å²) >= 11 is 0. The lowest BCUT2D eigenvalue weighted by Gasteiger charge is -2.30.